The largest absolute Gasteiger partial charge is 0.433 e. The molecule has 0 saturated carbocycles. The average Bonchev–Trinajstić information content (AvgIpc) is 2.48. The Hall–Kier alpha value is -1.17. The molecule has 0 atom stereocenters. The van der Waals surface area contributed by atoms with Gasteiger partial charge in [-0.05, 0) is 19.9 Å². The van der Waals surface area contributed by atoms with Gasteiger partial charge in [-0.2, -0.15) is 0 Å². The van der Waals surface area contributed by atoms with Gasteiger partial charge in [0.2, 0.25) is 5.78 Å². The summed E-state index contributed by atoms with van der Waals surface area (Å²) in [5, 5.41) is 10.3. The summed E-state index contributed by atoms with van der Waals surface area (Å²) in [4.78, 5) is 21.1. The van der Waals surface area contributed by atoms with Crippen molar-refractivity contribution < 1.29 is 14.1 Å². The molecule has 0 saturated heterocycles. The van der Waals surface area contributed by atoms with Crippen molar-refractivity contribution in [1.29, 1.82) is 0 Å². The minimum atomic E-state index is -0.779. The lowest BCUT2D eigenvalue weighted by molar-refractivity contribution is -0.402. The lowest BCUT2D eigenvalue weighted by Gasteiger charge is -2.11. The summed E-state index contributed by atoms with van der Waals surface area (Å²) in [6, 6.07) is 2.45. The standard InChI is InChI=1S/C8H8BrNO4/c1-8(2,9)7(11)5-3-4-6(14-5)10(12)13/h3-4H,1-2H3. The Kier molecular flexibility index (Phi) is 2.75. The van der Waals surface area contributed by atoms with Crippen molar-refractivity contribution in [2.45, 2.75) is 18.2 Å². The average molecular weight is 262 g/mol. The monoisotopic (exact) mass is 261 g/mol. The minimum Gasteiger partial charge on any atom is -0.397 e. The van der Waals surface area contributed by atoms with Crippen LogP contribution in [0, 0.1) is 10.1 Å². The Labute approximate surface area is 88.4 Å². The number of furan rings is 1. The van der Waals surface area contributed by atoms with Crippen molar-refractivity contribution in [3.05, 3.63) is 28.0 Å². The van der Waals surface area contributed by atoms with Crippen LogP contribution in [0.25, 0.3) is 0 Å². The van der Waals surface area contributed by atoms with Crippen LogP contribution in [0.4, 0.5) is 5.88 Å². The number of carbonyl (C=O) groups is 1. The van der Waals surface area contributed by atoms with Crippen LogP contribution in [-0.4, -0.2) is 15.0 Å². The highest BCUT2D eigenvalue weighted by atomic mass is 79.9. The first kappa shape index (κ1) is 10.9. The number of alkyl halides is 1. The highest BCUT2D eigenvalue weighted by molar-refractivity contribution is 9.10. The molecule has 1 rings (SSSR count). The maximum absolute atomic E-state index is 11.5. The third kappa shape index (κ3) is 2.20. The Morgan fingerprint density at radius 1 is 1.57 bits per heavy atom. The third-order valence-corrected chi connectivity index (χ3v) is 1.90. The molecule has 0 aromatic carbocycles. The lowest BCUT2D eigenvalue weighted by atomic mass is 10.1. The van der Waals surface area contributed by atoms with Crippen molar-refractivity contribution in [2.24, 2.45) is 0 Å². The van der Waals surface area contributed by atoms with Gasteiger partial charge in [0.25, 0.3) is 0 Å². The van der Waals surface area contributed by atoms with Crippen molar-refractivity contribution in [3.8, 4) is 0 Å². The molecule has 0 aliphatic rings. The normalized spacial score (nSPS) is 11.4. The van der Waals surface area contributed by atoms with Gasteiger partial charge in [-0.15, -0.1) is 0 Å². The SMILES string of the molecule is CC(C)(Br)C(=O)c1ccc([N+](=O)[O-])o1. The molecule has 1 aromatic heterocycles. The molecule has 1 heterocycles. The van der Waals surface area contributed by atoms with E-state index >= 15 is 0 Å². The Morgan fingerprint density at radius 3 is 2.50 bits per heavy atom. The number of hydrogen-bond acceptors (Lipinski definition) is 4. The van der Waals surface area contributed by atoms with Gasteiger partial charge < -0.3 is 4.42 Å². The number of nitro groups is 1. The molecule has 0 spiro atoms. The van der Waals surface area contributed by atoms with E-state index < -0.39 is 15.1 Å². The minimum absolute atomic E-state index is 0.0152. The van der Waals surface area contributed by atoms with Gasteiger partial charge in [-0.3, -0.25) is 14.9 Å². The molecule has 1 aromatic rings. The van der Waals surface area contributed by atoms with E-state index in [4.69, 9.17) is 4.42 Å². The van der Waals surface area contributed by atoms with E-state index in [0.29, 0.717) is 0 Å². The van der Waals surface area contributed by atoms with E-state index in [1.54, 1.807) is 13.8 Å². The van der Waals surface area contributed by atoms with Gasteiger partial charge in [0, 0.05) is 0 Å². The molecule has 0 unspecified atom stereocenters. The van der Waals surface area contributed by atoms with Crippen molar-refractivity contribution >= 4 is 27.6 Å². The zero-order valence-corrected chi connectivity index (χ0v) is 9.20. The fourth-order valence-electron chi connectivity index (χ4n) is 0.841. The third-order valence-electron chi connectivity index (χ3n) is 1.54. The van der Waals surface area contributed by atoms with Gasteiger partial charge in [0.15, 0.2) is 5.76 Å². The van der Waals surface area contributed by atoms with Crippen LogP contribution < -0.4 is 0 Å². The molecule has 0 aliphatic heterocycles. The Balaban J connectivity index is 2.99. The fraction of sp³-hybridized carbons (Fsp3) is 0.375. The van der Waals surface area contributed by atoms with E-state index in [2.05, 4.69) is 15.9 Å². The molecule has 0 aliphatic carbocycles. The second-order valence-corrected chi connectivity index (χ2v) is 5.18. The summed E-state index contributed by atoms with van der Waals surface area (Å²) < 4.78 is 3.98. The first-order valence-electron chi connectivity index (χ1n) is 3.80. The molecule has 14 heavy (non-hydrogen) atoms. The highest BCUT2D eigenvalue weighted by Crippen LogP contribution is 2.25. The van der Waals surface area contributed by atoms with Crippen LogP contribution in [0.15, 0.2) is 16.5 Å². The first-order chi connectivity index (χ1) is 6.32. The van der Waals surface area contributed by atoms with Crippen LogP contribution in [0.2, 0.25) is 0 Å². The predicted octanol–water partition coefficient (Wildman–Crippen LogP) is 2.54. The summed E-state index contributed by atoms with van der Waals surface area (Å²) in [6.07, 6.45) is 0. The molecular formula is C8H8BrNO4. The van der Waals surface area contributed by atoms with Crippen molar-refractivity contribution in [1.82, 2.24) is 0 Å². The number of hydrogen-bond donors (Lipinski definition) is 0. The van der Waals surface area contributed by atoms with E-state index in [1.165, 1.54) is 6.07 Å². The van der Waals surface area contributed by atoms with Crippen LogP contribution in [0.1, 0.15) is 24.4 Å². The van der Waals surface area contributed by atoms with Crippen LogP contribution in [0.3, 0.4) is 0 Å². The molecule has 0 amide bonds. The summed E-state index contributed by atoms with van der Waals surface area (Å²) in [5.41, 5.74) is 0. The second kappa shape index (κ2) is 3.53. The highest BCUT2D eigenvalue weighted by Gasteiger charge is 2.29. The summed E-state index contributed by atoms with van der Waals surface area (Å²) in [5.74, 6) is -0.769. The fourth-order valence-corrected chi connectivity index (χ4v) is 1.04. The molecule has 0 radical (unpaired) electrons. The van der Waals surface area contributed by atoms with E-state index in [1.807, 2.05) is 0 Å². The zero-order chi connectivity index (χ0) is 10.9. The van der Waals surface area contributed by atoms with Crippen molar-refractivity contribution in [2.75, 3.05) is 0 Å². The van der Waals surface area contributed by atoms with Gasteiger partial charge >= 0.3 is 5.88 Å². The quantitative estimate of drug-likeness (QED) is 0.363. The van der Waals surface area contributed by atoms with Crippen LogP contribution in [-0.2, 0) is 0 Å². The molecule has 5 nitrogen and oxygen atoms in total. The van der Waals surface area contributed by atoms with Crippen molar-refractivity contribution in [3.63, 3.8) is 0 Å². The van der Waals surface area contributed by atoms with Gasteiger partial charge in [-0.25, -0.2) is 0 Å². The first-order valence-corrected chi connectivity index (χ1v) is 4.59. The van der Waals surface area contributed by atoms with E-state index in [0.717, 1.165) is 6.07 Å². The molecule has 76 valence electrons. The van der Waals surface area contributed by atoms with Crippen LogP contribution >= 0.6 is 15.9 Å². The number of ketones is 1. The number of nitrogens with zero attached hydrogens (tertiary/aromatic N) is 1. The molecule has 6 heteroatoms. The Morgan fingerprint density at radius 2 is 2.14 bits per heavy atom. The Bertz CT molecular complexity index is 377. The number of carbonyl (C=O) groups excluding carboxylic acids is 1. The van der Waals surface area contributed by atoms with E-state index in [-0.39, 0.29) is 11.5 Å². The number of Topliss-reactive ketones (excluding diaryl/α,β-unsaturated/α-hetero) is 1. The van der Waals surface area contributed by atoms with Gasteiger partial charge in [-0.1, -0.05) is 15.9 Å². The second-order valence-electron chi connectivity index (χ2n) is 3.20. The summed E-state index contributed by atoms with van der Waals surface area (Å²) in [7, 11) is 0. The summed E-state index contributed by atoms with van der Waals surface area (Å²) in [6.45, 7) is 3.29. The zero-order valence-electron chi connectivity index (χ0n) is 7.61. The molecule has 0 fully saturated rings. The lowest BCUT2D eigenvalue weighted by Crippen LogP contribution is -2.23. The molecular weight excluding hydrogens is 254 g/mol. The van der Waals surface area contributed by atoms with Gasteiger partial charge in [0.1, 0.15) is 4.92 Å². The maximum Gasteiger partial charge on any atom is 0.433 e. The van der Waals surface area contributed by atoms with Gasteiger partial charge in [0.05, 0.1) is 10.4 Å². The number of rotatable bonds is 3. The smallest absolute Gasteiger partial charge is 0.397 e. The molecule has 0 N–H and O–H groups in total. The topological polar surface area (TPSA) is 73.3 Å². The number of halogens is 1. The maximum atomic E-state index is 11.5. The summed E-state index contributed by atoms with van der Waals surface area (Å²) >= 11 is 3.15. The van der Waals surface area contributed by atoms with E-state index in [9.17, 15) is 14.9 Å². The predicted molar refractivity (Wildman–Crippen MR) is 52.7 cm³/mol. The molecule has 0 bridgehead atoms. The van der Waals surface area contributed by atoms with Crippen LogP contribution in [0.5, 0.6) is 0 Å².